The van der Waals surface area contributed by atoms with Crippen molar-refractivity contribution in [3.63, 3.8) is 0 Å². The first-order valence-electron chi connectivity index (χ1n) is 15.1. The summed E-state index contributed by atoms with van der Waals surface area (Å²) in [4.78, 5) is 5.97. The minimum absolute atomic E-state index is 0.857. The van der Waals surface area contributed by atoms with E-state index in [0.29, 0.717) is 0 Å². The van der Waals surface area contributed by atoms with E-state index in [0.717, 1.165) is 33.4 Å². The molecule has 45 heavy (non-hydrogen) atoms. The minimum atomic E-state index is 0.857. The van der Waals surface area contributed by atoms with Crippen LogP contribution in [0.25, 0.3) is 82.4 Å². The van der Waals surface area contributed by atoms with Crippen LogP contribution < -0.4 is 0 Å². The van der Waals surface area contributed by atoms with Gasteiger partial charge in [-0.3, -0.25) is 4.98 Å². The molecule has 0 N–H and O–H groups in total. The normalized spacial score (nSPS) is 11.6. The molecule has 0 spiro atoms. The molecule has 4 heteroatoms. The van der Waals surface area contributed by atoms with Gasteiger partial charge in [0.15, 0.2) is 0 Å². The number of rotatable bonds is 4. The fourth-order valence-corrected chi connectivity index (χ4v) is 6.60. The SMILES string of the molecule is c1cncc(-c2ccc(-n3nc4ccc(-c5c6ccccc6c(-c6ccc7ccccc7c6)c6ccccc56)cc4n3)cc2)c1. The van der Waals surface area contributed by atoms with E-state index in [1.807, 2.05) is 12.3 Å². The van der Waals surface area contributed by atoms with Gasteiger partial charge in [0, 0.05) is 12.4 Å². The summed E-state index contributed by atoms with van der Waals surface area (Å²) in [6, 6.07) is 51.6. The summed E-state index contributed by atoms with van der Waals surface area (Å²) in [6.45, 7) is 0. The van der Waals surface area contributed by atoms with Crippen molar-refractivity contribution in [3.05, 3.63) is 158 Å². The van der Waals surface area contributed by atoms with E-state index in [4.69, 9.17) is 10.2 Å². The third-order valence-electron chi connectivity index (χ3n) is 8.73. The topological polar surface area (TPSA) is 43.6 Å². The summed E-state index contributed by atoms with van der Waals surface area (Å²) in [5, 5.41) is 17.1. The minimum Gasteiger partial charge on any atom is -0.264 e. The zero-order chi connectivity index (χ0) is 29.7. The second-order valence-electron chi connectivity index (χ2n) is 11.4. The molecule has 0 aliphatic rings. The van der Waals surface area contributed by atoms with Crippen LogP contribution >= 0.6 is 0 Å². The molecule has 0 aliphatic carbocycles. The molecule has 9 rings (SSSR count). The number of fused-ring (bicyclic) bond motifs is 4. The molecule has 0 bridgehead atoms. The summed E-state index contributed by atoms with van der Waals surface area (Å²) in [6.07, 6.45) is 3.66. The van der Waals surface area contributed by atoms with E-state index < -0.39 is 0 Å². The van der Waals surface area contributed by atoms with E-state index in [-0.39, 0.29) is 0 Å². The number of pyridine rings is 1. The Hall–Kier alpha value is -6.13. The van der Waals surface area contributed by atoms with Gasteiger partial charge in [-0.1, -0.05) is 109 Å². The zero-order valence-corrected chi connectivity index (χ0v) is 24.3. The highest BCUT2D eigenvalue weighted by atomic mass is 15.5. The standard InChI is InChI=1S/C41H26N4/c1-2-9-29-24-30(16-15-27(29)8-1)40-34-11-3-5-13-36(34)41(37-14-6-4-12-35(37)40)31-19-22-38-39(25-31)44-45(43-38)33-20-17-28(18-21-33)32-10-7-23-42-26-32/h1-26H. The fraction of sp³-hybridized carbons (Fsp3) is 0. The first kappa shape index (κ1) is 25.4. The maximum absolute atomic E-state index is 4.92. The summed E-state index contributed by atoms with van der Waals surface area (Å²) in [7, 11) is 0. The van der Waals surface area contributed by atoms with Crippen LogP contribution in [0.5, 0.6) is 0 Å². The maximum atomic E-state index is 4.92. The highest BCUT2D eigenvalue weighted by molar-refractivity contribution is 6.22. The lowest BCUT2D eigenvalue weighted by atomic mass is 9.85. The summed E-state index contributed by atoms with van der Waals surface area (Å²) in [5.74, 6) is 0. The highest BCUT2D eigenvalue weighted by Gasteiger charge is 2.17. The molecule has 0 saturated carbocycles. The molecule has 0 atom stereocenters. The lowest BCUT2D eigenvalue weighted by Crippen LogP contribution is -1.97. The number of hydrogen-bond donors (Lipinski definition) is 0. The molecule has 210 valence electrons. The molecule has 0 unspecified atom stereocenters. The second kappa shape index (κ2) is 10.2. The molecule has 9 aromatic rings. The van der Waals surface area contributed by atoms with Gasteiger partial charge in [-0.05, 0) is 102 Å². The first-order chi connectivity index (χ1) is 22.3. The Morgan fingerprint density at radius 2 is 0.978 bits per heavy atom. The van der Waals surface area contributed by atoms with Gasteiger partial charge >= 0.3 is 0 Å². The van der Waals surface area contributed by atoms with Crippen molar-refractivity contribution in [1.29, 1.82) is 0 Å². The average Bonchev–Trinajstić information content (AvgIpc) is 3.54. The molecule has 0 amide bonds. The second-order valence-corrected chi connectivity index (χ2v) is 11.4. The molecule has 0 saturated heterocycles. The van der Waals surface area contributed by atoms with Crippen molar-refractivity contribution in [2.24, 2.45) is 0 Å². The monoisotopic (exact) mass is 574 g/mol. The third kappa shape index (κ3) is 4.27. The Labute approximate surface area is 259 Å². The molecule has 7 aromatic carbocycles. The van der Waals surface area contributed by atoms with Crippen LogP contribution in [0.1, 0.15) is 0 Å². The number of benzene rings is 7. The molecule has 0 aliphatic heterocycles. The maximum Gasteiger partial charge on any atom is 0.114 e. The third-order valence-corrected chi connectivity index (χ3v) is 8.73. The van der Waals surface area contributed by atoms with Gasteiger partial charge in [-0.15, -0.1) is 10.2 Å². The van der Waals surface area contributed by atoms with E-state index in [1.54, 1.807) is 11.0 Å². The number of nitrogens with zero attached hydrogens (tertiary/aromatic N) is 4. The predicted molar refractivity (Wildman–Crippen MR) is 185 cm³/mol. The predicted octanol–water partition coefficient (Wildman–Crippen LogP) is 10.3. The molecule has 2 aromatic heterocycles. The van der Waals surface area contributed by atoms with Gasteiger partial charge in [0.2, 0.25) is 0 Å². The van der Waals surface area contributed by atoms with Crippen LogP contribution in [0.4, 0.5) is 0 Å². The first-order valence-corrected chi connectivity index (χ1v) is 15.1. The molecule has 4 nitrogen and oxygen atoms in total. The zero-order valence-electron chi connectivity index (χ0n) is 24.3. The van der Waals surface area contributed by atoms with E-state index in [9.17, 15) is 0 Å². The van der Waals surface area contributed by atoms with Crippen molar-refractivity contribution in [2.75, 3.05) is 0 Å². The molecule has 0 radical (unpaired) electrons. The van der Waals surface area contributed by atoms with Crippen molar-refractivity contribution in [3.8, 4) is 39.1 Å². The van der Waals surface area contributed by atoms with E-state index in [1.165, 1.54) is 49.0 Å². The van der Waals surface area contributed by atoms with Crippen LogP contribution in [-0.2, 0) is 0 Å². The molecular weight excluding hydrogens is 548 g/mol. The van der Waals surface area contributed by atoms with E-state index >= 15 is 0 Å². The van der Waals surface area contributed by atoms with Gasteiger partial charge in [0.25, 0.3) is 0 Å². The van der Waals surface area contributed by atoms with Crippen LogP contribution in [0.2, 0.25) is 0 Å². The van der Waals surface area contributed by atoms with Gasteiger partial charge in [0.05, 0.1) is 5.69 Å². The van der Waals surface area contributed by atoms with Crippen molar-refractivity contribution in [2.45, 2.75) is 0 Å². The van der Waals surface area contributed by atoms with Gasteiger partial charge in [-0.25, -0.2) is 0 Å². The van der Waals surface area contributed by atoms with Gasteiger partial charge in [-0.2, -0.15) is 4.80 Å². The largest absolute Gasteiger partial charge is 0.264 e. The Kier molecular flexibility index (Phi) is 5.78. The molecule has 0 fully saturated rings. The fourth-order valence-electron chi connectivity index (χ4n) is 6.60. The summed E-state index contributed by atoms with van der Waals surface area (Å²) in [5.41, 5.74) is 9.64. The number of hydrogen-bond acceptors (Lipinski definition) is 3. The molecular formula is C41H26N4. The average molecular weight is 575 g/mol. The van der Waals surface area contributed by atoms with E-state index in [2.05, 4.69) is 145 Å². The van der Waals surface area contributed by atoms with Crippen LogP contribution in [-0.4, -0.2) is 20.0 Å². The lowest BCUT2D eigenvalue weighted by Gasteiger charge is -2.18. The van der Waals surface area contributed by atoms with Crippen LogP contribution in [0, 0.1) is 0 Å². The quantitative estimate of drug-likeness (QED) is 0.196. The Balaban J connectivity index is 1.20. The smallest absolute Gasteiger partial charge is 0.114 e. The molecule has 2 heterocycles. The summed E-state index contributed by atoms with van der Waals surface area (Å²) >= 11 is 0. The lowest BCUT2D eigenvalue weighted by molar-refractivity contribution is 0.766. The van der Waals surface area contributed by atoms with Crippen molar-refractivity contribution >= 4 is 43.4 Å². The van der Waals surface area contributed by atoms with Crippen molar-refractivity contribution < 1.29 is 0 Å². The van der Waals surface area contributed by atoms with Gasteiger partial charge < -0.3 is 0 Å². The summed E-state index contributed by atoms with van der Waals surface area (Å²) < 4.78 is 0. The Morgan fingerprint density at radius 1 is 0.400 bits per heavy atom. The van der Waals surface area contributed by atoms with Crippen molar-refractivity contribution in [1.82, 2.24) is 20.0 Å². The Bertz CT molecular complexity index is 2470. The highest BCUT2D eigenvalue weighted by Crippen LogP contribution is 2.44. The number of aromatic nitrogens is 4. The van der Waals surface area contributed by atoms with Crippen LogP contribution in [0.15, 0.2) is 158 Å². The Morgan fingerprint density at radius 3 is 1.64 bits per heavy atom. The van der Waals surface area contributed by atoms with Gasteiger partial charge in [0.1, 0.15) is 11.0 Å². The van der Waals surface area contributed by atoms with Crippen LogP contribution in [0.3, 0.4) is 0 Å².